The molecule has 2 saturated heterocycles. The van der Waals surface area contributed by atoms with Gasteiger partial charge < -0.3 is 29.0 Å². The smallest absolute Gasteiger partial charge is 0.460 e. The van der Waals surface area contributed by atoms with E-state index >= 15 is 0 Å². The van der Waals surface area contributed by atoms with E-state index in [0.717, 1.165) is 6.08 Å². The van der Waals surface area contributed by atoms with Crippen molar-refractivity contribution >= 4 is 18.0 Å². The van der Waals surface area contributed by atoms with Crippen LogP contribution >= 0.6 is 0 Å². The summed E-state index contributed by atoms with van der Waals surface area (Å²) < 4.78 is 20.7. The lowest BCUT2D eigenvalue weighted by atomic mass is 10.1. The summed E-state index contributed by atoms with van der Waals surface area (Å²) in [5.74, 6) is -0.602. The van der Waals surface area contributed by atoms with Crippen LogP contribution in [0.1, 0.15) is 0 Å². The number of hydrogen-bond donors (Lipinski definition) is 3. The number of amidine groups is 1. The van der Waals surface area contributed by atoms with Gasteiger partial charge in [0.1, 0.15) is 12.7 Å². The van der Waals surface area contributed by atoms with Crippen LogP contribution in [-0.2, 0) is 23.7 Å². The Hall–Kier alpha value is -2.63. The first kappa shape index (κ1) is 16.2. The van der Waals surface area contributed by atoms with Crippen molar-refractivity contribution in [3.8, 4) is 0 Å². The van der Waals surface area contributed by atoms with Gasteiger partial charge in [0.15, 0.2) is 24.3 Å². The highest BCUT2D eigenvalue weighted by Gasteiger charge is 2.57. The number of aliphatic hydroxyl groups excluding tert-OH is 1. The third kappa shape index (κ3) is 2.91. The number of hydroxylamine groups is 1. The van der Waals surface area contributed by atoms with Gasteiger partial charge in [-0.25, -0.2) is 14.6 Å². The van der Waals surface area contributed by atoms with Gasteiger partial charge >= 0.3 is 12.1 Å². The Labute approximate surface area is 135 Å². The van der Waals surface area contributed by atoms with Gasteiger partial charge in [-0.2, -0.15) is 0 Å². The molecular weight excluding hydrogens is 326 g/mol. The average molecular weight is 341 g/mol. The van der Waals surface area contributed by atoms with E-state index in [1.54, 1.807) is 5.48 Å². The molecule has 0 aromatic heterocycles. The van der Waals surface area contributed by atoms with Crippen molar-refractivity contribution in [2.45, 2.75) is 30.9 Å². The highest BCUT2D eigenvalue weighted by molar-refractivity contribution is 5.92. The number of esters is 1. The van der Waals surface area contributed by atoms with Crippen LogP contribution in [0, 0.1) is 0 Å². The molecule has 130 valence electrons. The first-order valence-electron chi connectivity index (χ1n) is 6.97. The van der Waals surface area contributed by atoms with Crippen molar-refractivity contribution in [3.63, 3.8) is 0 Å². The Morgan fingerprint density at radius 3 is 2.92 bits per heavy atom. The molecule has 3 N–H and O–H groups in total. The average Bonchev–Trinajstić information content (AvgIpc) is 3.10. The van der Waals surface area contributed by atoms with Crippen LogP contribution in [0.3, 0.4) is 0 Å². The fourth-order valence-corrected chi connectivity index (χ4v) is 2.57. The largest absolute Gasteiger partial charge is 0.509 e. The number of nitrogens with one attached hydrogen (secondary N) is 1. The molecule has 0 amide bonds. The molecular formula is C13H15N3O8. The molecule has 3 aliphatic rings. The maximum atomic E-state index is 11.4. The monoisotopic (exact) mass is 341 g/mol. The van der Waals surface area contributed by atoms with Crippen LogP contribution in [0.2, 0.25) is 0 Å². The Morgan fingerprint density at radius 2 is 2.25 bits per heavy atom. The number of rotatable bonds is 4. The lowest BCUT2D eigenvalue weighted by Crippen LogP contribution is -2.47. The molecule has 1 unspecified atom stereocenters. The van der Waals surface area contributed by atoms with Crippen LogP contribution in [0.5, 0.6) is 0 Å². The quantitative estimate of drug-likeness (QED) is 0.325. The van der Waals surface area contributed by atoms with Crippen LogP contribution in [0.15, 0.2) is 29.9 Å². The number of carbonyl (C=O) groups is 2. The topological polar surface area (TPSA) is 139 Å². The van der Waals surface area contributed by atoms with Gasteiger partial charge in [-0.3, -0.25) is 10.7 Å². The van der Waals surface area contributed by atoms with E-state index in [-0.39, 0.29) is 12.4 Å². The van der Waals surface area contributed by atoms with Crippen LogP contribution in [0.4, 0.5) is 4.79 Å². The normalized spacial score (nSPS) is 34.1. The van der Waals surface area contributed by atoms with Gasteiger partial charge in [0.05, 0.1) is 0 Å². The Bertz CT molecular complexity index is 606. The Balaban J connectivity index is 1.73. The molecule has 11 nitrogen and oxygen atoms in total. The Kier molecular flexibility index (Phi) is 4.38. The van der Waals surface area contributed by atoms with E-state index in [4.69, 9.17) is 24.2 Å². The number of hydrogen-bond acceptors (Lipinski definition) is 11. The lowest BCUT2D eigenvalue weighted by molar-refractivity contribution is -0.154. The van der Waals surface area contributed by atoms with E-state index in [1.807, 2.05) is 0 Å². The second kappa shape index (κ2) is 6.47. The summed E-state index contributed by atoms with van der Waals surface area (Å²) >= 11 is 0. The predicted octanol–water partition coefficient (Wildman–Crippen LogP) is -1.17. The van der Waals surface area contributed by atoms with Gasteiger partial charge in [-0.05, 0) is 6.08 Å². The second-order valence-electron chi connectivity index (χ2n) is 5.05. The van der Waals surface area contributed by atoms with Gasteiger partial charge in [-0.15, -0.1) is 0 Å². The van der Waals surface area contributed by atoms with Crippen LogP contribution in [-0.4, -0.2) is 70.7 Å². The molecule has 0 radical (unpaired) electrons. The number of nitrogens with zero attached hydrogens (tertiary/aromatic N) is 2. The zero-order valence-corrected chi connectivity index (χ0v) is 12.3. The molecule has 24 heavy (non-hydrogen) atoms. The predicted molar refractivity (Wildman–Crippen MR) is 74.3 cm³/mol. The minimum atomic E-state index is -1.39. The summed E-state index contributed by atoms with van der Waals surface area (Å²) in [5.41, 5.74) is 1.81. The van der Waals surface area contributed by atoms with E-state index in [0.29, 0.717) is 0 Å². The van der Waals surface area contributed by atoms with Crippen LogP contribution in [0.25, 0.3) is 0 Å². The second-order valence-corrected chi connectivity index (χ2v) is 5.05. The molecule has 3 rings (SSSR count). The zero-order chi connectivity index (χ0) is 17.3. The van der Waals surface area contributed by atoms with Gasteiger partial charge in [-0.1, -0.05) is 6.58 Å². The third-order valence-corrected chi connectivity index (χ3v) is 3.64. The maximum absolute atomic E-state index is 11.4. The lowest BCUT2D eigenvalue weighted by Gasteiger charge is -2.33. The maximum Gasteiger partial charge on any atom is 0.509 e. The number of carbonyl (C=O) groups excluding carboxylic acids is 2. The van der Waals surface area contributed by atoms with Crippen molar-refractivity contribution in [2.75, 3.05) is 6.61 Å². The number of ether oxygens (including phenoxy) is 4. The Morgan fingerprint density at radius 1 is 1.50 bits per heavy atom. The van der Waals surface area contributed by atoms with Crippen LogP contribution < -0.4 is 5.48 Å². The first-order valence-corrected chi connectivity index (χ1v) is 6.97. The first-order chi connectivity index (χ1) is 11.5. The highest BCUT2D eigenvalue weighted by atomic mass is 16.8. The molecule has 3 aliphatic heterocycles. The van der Waals surface area contributed by atoms with Gasteiger partial charge in [0, 0.05) is 12.3 Å². The third-order valence-electron chi connectivity index (χ3n) is 3.64. The number of aliphatic imine (C=N–C) groups is 1. The van der Waals surface area contributed by atoms with Crippen molar-refractivity contribution in [2.24, 2.45) is 4.99 Å². The van der Waals surface area contributed by atoms with E-state index in [2.05, 4.69) is 11.6 Å². The number of aliphatic hydroxyl groups is 1. The van der Waals surface area contributed by atoms with Crippen molar-refractivity contribution < 1.29 is 38.9 Å². The fourth-order valence-electron chi connectivity index (χ4n) is 2.57. The van der Waals surface area contributed by atoms with Gasteiger partial charge in [0.25, 0.3) is 0 Å². The molecule has 0 bridgehead atoms. The SMILES string of the molecule is C=CC(=O)OC[C@H]1O[C@@H](N2C=CC(NO)=NC2O)[C@@H]2OC(=O)O[C@@H]21. The number of fused-ring (bicyclic) bond motifs is 1. The summed E-state index contributed by atoms with van der Waals surface area (Å²) in [6, 6.07) is 0. The van der Waals surface area contributed by atoms with Crippen molar-refractivity contribution in [3.05, 3.63) is 24.9 Å². The molecule has 0 aliphatic carbocycles. The van der Waals surface area contributed by atoms with Crippen molar-refractivity contribution in [1.29, 1.82) is 0 Å². The molecule has 0 aromatic rings. The summed E-state index contributed by atoms with van der Waals surface area (Å²) in [4.78, 5) is 27.6. The van der Waals surface area contributed by atoms with E-state index in [1.165, 1.54) is 17.2 Å². The molecule has 5 atom stereocenters. The minimum Gasteiger partial charge on any atom is -0.460 e. The van der Waals surface area contributed by atoms with Gasteiger partial charge in [0.2, 0.25) is 6.35 Å². The standard InChI is InChI=1S/C13H15N3O8/c1-2-8(17)21-5-6-9-10(24-13(19)23-9)11(22-6)16-4-3-7(15-20)14-12(16)18/h2-4,6,9-12,18,20H,1,5H2,(H,14,15)/t6-,9-,10-,11-,12?/m1/s1. The van der Waals surface area contributed by atoms with E-state index < -0.39 is 43.0 Å². The molecule has 11 heteroatoms. The summed E-state index contributed by atoms with van der Waals surface area (Å²) in [6.45, 7) is 3.10. The molecule has 2 fully saturated rings. The minimum absolute atomic E-state index is 0.0458. The highest BCUT2D eigenvalue weighted by Crippen LogP contribution is 2.35. The molecule has 3 heterocycles. The summed E-state index contributed by atoms with van der Waals surface area (Å²) in [5, 5.41) is 18.8. The fraction of sp³-hybridized carbons (Fsp3) is 0.462. The molecule has 0 aromatic carbocycles. The van der Waals surface area contributed by atoms with Crippen molar-refractivity contribution in [1.82, 2.24) is 10.4 Å². The summed E-state index contributed by atoms with van der Waals surface area (Å²) in [7, 11) is 0. The zero-order valence-electron chi connectivity index (χ0n) is 12.3. The molecule has 0 spiro atoms. The van der Waals surface area contributed by atoms with E-state index in [9.17, 15) is 14.7 Å². The summed E-state index contributed by atoms with van der Waals surface area (Å²) in [6.07, 6.45) is -1.82. The molecule has 0 saturated carbocycles.